The van der Waals surface area contributed by atoms with Crippen LogP contribution in [0.4, 0.5) is 0 Å². The Labute approximate surface area is 97.0 Å². The summed E-state index contributed by atoms with van der Waals surface area (Å²) < 4.78 is 24.8. The topological polar surface area (TPSA) is 60.2 Å². The van der Waals surface area contributed by atoms with Gasteiger partial charge in [-0.25, -0.2) is 8.42 Å². The van der Waals surface area contributed by atoms with E-state index in [2.05, 4.69) is 15.9 Å². The number of sulfone groups is 1. The van der Waals surface area contributed by atoms with E-state index >= 15 is 0 Å². The molecule has 0 amide bonds. The third-order valence-corrected chi connectivity index (χ3v) is 5.08. The van der Waals surface area contributed by atoms with E-state index in [-0.39, 0.29) is 4.91 Å². The van der Waals surface area contributed by atoms with Gasteiger partial charge in [0.2, 0.25) is 9.84 Å². The molecule has 1 atom stereocenters. The minimum Gasteiger partial charge on any atom is -0.324 e. The predicted molar refractivity (Wildman–Crippen MR) is 63.0 cm³/mol. The van der Waals surface area contributed by atoms with Gasteiger partial charge in [-0.2, -0.15) is 0 Å². The molecule has 15 heavy (non-hydrogen) atoms. The summed E-state index contributed by atoms with van der Waals surface area (Å²) >= 11 is 3.33. The molecule has 0 spiro atoms. The van der Waals surface area contributed by atoms with E-state index in [1.807, 2.05) is 6.07 Å². The van der Waals surface area contributed by atoms with Crippen molar-refractivity contribution in [3.8, 4) is 0 Å². The molecule has 0 saturated heterocycles. The molecule has 5 heteroatoms. The van der Waals surface area contributed by atoms with Crippen LogP contribution >= 0.6 is 15.9 Å². The van der Waals surface area contributed by atoms with Gasteiger partial charge in [0.15, 0.2) is 0 Å². The van der Waals surface area contributed by atoms with Crippen LogP contribution in [0.5, 0.6) is 0 Å². The Morgan fingerprint density at radius 3 is 2.60 bits per heavy atom. The van der Waals surface area contributed by atoms with Gasteiger partial charge in [0, 0.05) is 16.1 Å². The van der Waals surface area contributed by atoms with E-state index in [0.29, 0.717) is 10.5 Å². The Balaban J connectivity index is 2.75. The third kappa shape index (κ3) is 1.55. The van der Waals surface area contributed by atoms with Crippen molar-refractivity contribution in [3.05, 3.63) is 33.1 Å². The van der Waals surface area contributed by atoms with Gasteiger partial charge in [0.1, 0.15) is 0 Å². The van der Waals surface area contributed by atoms with Crippen LogP contribution in [0.2, 0.25) is 0 Å². The maximum absolute atomic E-state index is 12.0. The number of nitrogens with two attached hydrogens (primary N) is 1. The molecule has 0 bridgehead atoms. The Morgan fingerprint density at radius 1 is 1.40 bits per heavy atom. The van der Waals surface area contributed by atoms with Gasteiger partial charge in [-0.05, 0) is 25.1 Å². The van der Waals surface area contributed by atoms with E-state index in [9.17, 15) is 8.42 Å². The summed E-state index contributed by atoms with van der Waals surface area (Å²) in [4.78, 5) is 0.619. The molecule has 80 valence electrons. The van der Waals surface area contributed by atoms with Crippen molar-refractivity contribution in [1.29, 1.82) is 0 Å². The van der Waals surface area contributed by atoms with Crippen molar-refractivity contribution < 1.29 is 8.42 Å². The molecular weight excluding hydrogens is 278 g/mol. The summed E-state index contributed by atoms with van der Waals surface area (Å²) in [5, 5.41) is 0. The third-order valence-electron chi connectivity index (χ3n) is 2.35. The predicted octanol–water partition coefficient (Wildman–Crippen LogP) is 1.92. The molecule has 3 nitrogen and oxygen atoms in total. The van der Waals surface area contributed by atoms with Crippen LogP contribution in [-0.4, -0.2) is 14.5 Å². The van der Waals surface area contributed by atoms with Crippen molar-refractivity contribution in [2.75, 3.05) is 0 Å². The van der Waals surface area contributed by atoms with Gasteiger partial charge < -0.3 is 5.73 Å². The van der Waals surface area contributed by atoms with Crippen LogP contribution in [0.3, 0.4) is 0 Å². The highest BCUT2D eigenvalue weighted by atomic mass is 79.9. The lowest BCUT2D eigenvalue weighted by atomic mass is 10.2. The maximum Gasteiger partial charge on any atom is 0.204 e. The first kappa shape index (κ1) is 10.9. The maximum atomic E-state index is 12.0. The highest BCUT2D eigenvalue weighted by molar-refractivity contribution is 9.10. The molecule has 1 unspecified atom stereocenters. The van der Waals surface area contributed by atoms with Gasteiger partial charge in [0.05, 0.1) is 9.80 Å². The van der Waals surface area contributed by atoms with Crippen LogP contribution in [0.15, 0.2) is 32.5 Å². The Hall–Kier alpha value is -0.650. The molecule has 2 N–H and O–H groups in total. The molecular formula is C10H10BrNO2S. The van der Waals surface area contributed by atoms with Crippen LogP contribution in [-0.2, 0) is 9.84 Å². The lowest BCUT2D eigenvalue weighted by molar-refractivity contribution is 0.600. The molecule has 0 radical (unpaired) electrons. The van der Waals surface area contributed by atoms with E-state index in [1.54, 1.807) is 25.1 Å². The molecule has 1 aliphatic heterocycles. The van der Waals surface area contributed by atoms with E-state index < -0.39 is 15.9 Å². The number of fused-ring (bicyclic) bond motifs is 1. The second-order valence-electron chi connectivity index (χ2n) is 3.49. The zero-order chi connectivity index (χ0) is 11.2. The summed E-state index contributed by atoms with van der Waals surface area (Å²) in [6, 6.07) is 4.64. The molecule has 1 aromatic carbocycles. The first-order chi connectivity index (χ1) is 6.94. The van der Waals surface area contributed by atoms with Crippen molar-refractivity contribution in [3.63, 3.8) is 0 Å². The molecule has 1 aromatic rings. The summed E-state index contributed by atoms with van der Waals surface area (Å²) in [6.07, 6.45) is 1.64. The second-order valence-corrected chi connectivity index (χ2v) is 6.26. The summed E-state index contributed by atoms with van der Waals surface area (Å²) in [6.45, 7) is 1.67. The van der Waals surface area contributed by atoms with Gasteiger partial charge in [0.25, 0.3) is 0 Å². The van der Waals surface area contributed by atoms with Crippen molar-refractivity contribution >= 4 is 31.8 Å². The van der Waals surface area contributed by atoms with E-state index in [1.165, 1.54) is 0 Å². The molecule has 0 aromatic heterocycles. The monoisotopic (exact) mass is 287 g/mol. The first-order valence-corrected chi connectivity index (χ1v) is 6.73. The number of benzene rings is 1. The Bertz CT molecular complexity index is 547. The molecule has 0 fully saturated rings. The van der Waals surface area contributed by atoms with Gasteiger partial charge in [-0.3, -0.25) is 0 Å². The Morgan fingerprint density at radius 2 is 2.07 bits per heavy atom. The zero-order valence-electron chi connectivity index (χ0n) is 8.07. The quantitative estimate of drug-likeness (QED) is 0.859. The average molecular weight is 288 g/mol. The van der Waals surface area contributed by atoms with E-state index in [0.717, 1.165) is 4.47 Å². The van der Waals surface area contributed by atoms with Crippen LogP contribution in [0, 0.1) is 0 Å². The highest BCUT2D eigenvalue weighted by Gasteiger charge is 2.32. The number of hydrogen-bond acceptors (Lipinski definition) is 3. The fourth-order valence-electron chi connectivity index (χ4n) is 1.61. The SMILES string of the molecule is CC(N)C1=Cc2c(Br)cccc2S1(=O)=O. The van der Waals surface area contributed by atoms with Gasteiger partial charge in [-0.1, -0.05) is 22.0 Å². The first-order valence-electron chi connectivity index (χ1n) is 4.45. The van der Waals surface area contributed by atoms with Crippen molar-refractivity contribution in [2.24, 2.45) is 5.73 Å². The summed E-state index contributed by atoms with van der Waals surface area (Å²) in [5.74, 6) is 0. The van der Waals surface area contributed by atoms with E-state index in [4.69, 9.17) is 5.73 Å². The standard InChI is InChI=1S/C10H10BrNO2S/c1-6(12)10-5-7-8(11)3-2-4-9(7)15(10,13)14/h2-6H,12H2,1H3. The number of hydrogen-bond donors (Lipinski definition) is 1. The summed E-state index contributed by atoms with van der Waals surface area (Å²) in [7, 11) is -3.36. The molecule has 1 heterocycles. The molecule has 1 aliphatic rings. The second kappa shape index (κ2) is 3.43. The molecule has 0 saturated carbocycles. The van der Waals surface area contributed by atoms with Crippen LogP contribution < -0.4 is 5.73 Å². The Kier molecular flexibility index (Phi) is 2.48. The fraction of sp³-hybridized carbons (Fsp3) is 0.200. The smallest absolute Gasteiger partial charge is 0.204 e. The number of halogens is 1. The lowest BCUT2D eigenvalue weighted by Gasteiger charge is -2.06. The molecule has 2 rings (SSSR count). The highest BCUT2D eigenvalue weighted by Crippen LogP contribution is 2.37. The van der Waals surface area contributed by atoms with Crippen LogP contribution in [0.25, 0.3) is 6.08 Å². The minimum atomic E-state index is -3.36. The normalized spacial score (nSPS) is 19.5. The van der Waals surface area contributed by atoms with Crippen molar-refractivity contribution in [1.82, 2.24) is 0 Å². The van der Waals surface area contributed by atoms with Crippen LogP contribution in [0.1, 0.15) is 12.5 Å². The van der Waals surface area contributed by atoms with Crippen molar-refractivity contribution in [2.45, 2.75) is 17.9 Å². The van der Waals surface area contributed by atoms with Gasteiger partial charge in [-0.15, -0.1) is 0 Å². The summed E-state index contributed by atoms with van der Waals surface area (Å²) in [5.41, 5.74) is 6.34. The molecule has 0 aliphatic carbocycles. The average Bonchev–Trinajstić information content (AvgIpc) is 2.40. The minimum absolute atomic E-state index is 0.282. The lowest BCUT2D eigenvalue weighted by Crippen LogP contribution is -2.21. The number of rotatable bonds is 1. The fourth-order valence-corrected chi connectivity index (χ4v) is 3.96. The van der Waals surface area contributed by atoms with Gasteiger partial charge >= 0.3 is 0 Å². The zero-order valence-corrected chi connectivity index (χ0v) is 10.5. The largest absolute Gasteiger partial charge is 0.324 e.